The lowest BCUT2D eigenvalue weighted by Crippen LogP contribution is -2.51. The van der Waals surface area contributed by atoms with Crippen molar-refractivity contribution in [3.63, 3.8) is 0 Å². The largest absolute Gasteiger partial charge is 0.497 e. The molecule has 0 bridgehead atoms. The van der Waals surface area contributed by atoms with Crippen LogP contribution in [0.25, 0.3) is 10.9 Å². The van der Waals surface area contributed by atoms with E-state index in [1.54, 1.807) is 18.2 Å². The van der Waals surface area contributed by atoms with E-state index in [0.29, 0.717) is 11.8 Å². The molecule has 7 nitrogen and oxygen atoms in total. The highest BCUT2D eigenvalue weighted by atomic mass is 32.2. The average molecular weight is 449 g/mol. The molecule has 1 amide bonds. The monoisotopic (exact) mass is 449 g/mol. The summed E-state index contributed by atoms with van der Waals surface area (Å²) in [5.41, 5.74) is 1.71. The quantitative estimate of drug-likeness (QED) is 0.649. The molecule has 0 saturated carbocycles. The Hall–Kier alpha value is -2.98. The Kier molecular flexibility index (Phi) is 5.67. The maximum Gasteiger partial charge on any atom is 0.246 e. The molecule has 1 fully saturated rings. The third kappa shape index (κ3) is 4.13. The minimum Gasteiger partial charge on any atom is -0.497 e. The number of rotatable bonds is 5. The Labute approximate surface area is 178 Å². The molecule has 1 saturated heterocycles. The van der Waals surface area contributed by atoms with Gasteiger partial charge in [-0.1, -0.05) is 0 Å². The molecule has 0 unspecified atom stereocenters. The maximum absolute atomic E-state index is 14.0. The minimum atomic E-state index is -4.11. The van der Waals surface area contributed by atoms with Gasteiger partial charge >= 0.3 is 0 Å². The number of aromatic nitrogens is 1. The molecule has 0 spiro atoms. The van der Waals surface area contributed by atoms with Crippen molar-refractivity contribution in [2.75, 3.05) is 33.3 Å². The van der Waals surface area contributed by atoms with Gasteiger partial charge in [0.15, 0.2) is 0 Å². The minimum absolute atomic E-state index is 0.0343. The van der Waals surface area contributed by atoms with Gasteiger partial charge in [0.1, 0.15) is 22.3 Å². The normalized spacial score (nSPS) is 15.4. The summed E-state index contributed by atoms with van der Waals surface area (Å²) in [6.07, 6.45) is 1.94. The number of aromatic amines is 1. The van der Waals surface area contributed by atoms with E-state index in [2.05, 4.69) is 4.98 Å². The van der Waals surface area contributed by atoms with Crippen molar-refractivity contribution in [1.82, 2.24) is 14.2 Å². The molecule has 1 aliphatic rings. The van der Waals surface area contributed by atoms with E-state index in [9.17, 15) is 22.0 Å². The van der Waals surface area contributed by atoms with E-state index in [1.165, 1.54) is 0 Å². The summed E-state index contributed by atoms with van der Waals surface area (Å²) < 4.78 is 58.9. The molecule has 164 valence electrons. The molecule has 1 aliphatic heterocycles. The first-order valence-electron chi connectivity index (χ1n) is 9.66. The van der Waals surface area contributed by atoms with Crippen LogP contribution < -0.4 is 4.74 Å². The van der Waals surface area contributed by atoms with Crippen LogP contribution in [0.15, 0.2) is 47.5 Å². The number of halogens is 2. The van der Waals surface area contributed by atoms with Crippen molar-refractivity contribution >= 4 is 26.8 Å². The van der Waals surface area contributed by atoms with E-state index >= 15 is 0 Å². The second-order valence-electron chi connectivity index (χ2n) is 7.26. The number of sulfonamides is 1. The highest BCUT2D eigenvalue weighted by Gasteiger charge is 2.32. The molecule has 0 radical (unpaired) electrons. The van der Waals surface area contributed by atoms with Crippen molar-refractivity contribution in [3.8, 4) is 5.75 Å². The number of nitrogens with zero attached hydrogens (tertiary/aromatic N) is 2. The predicted molar refractivity (Wildman–Crippen MR) is 110 cm³/mol. The van der Waals surface area contributed by atoms with Crippen LogP contribution in [0, 0.1) is 11.6 Å². The van der Waals surface area contributed by atoms with Crippen LogP contribution >= 0.6 is 0 Å². The van der Waals surface area contributed by atoms with Crippen LogP contribution in [0.2, 0.25) is 0 Å². The number of carbonyl (C=O) groups excluding carboxylic acids is 1. The number of ether oxygens (including phenoxy) is 1. The number of amides is 1. The molecule has 3 aromatic rings. The average Bonchev–Trinajstić information content (AvgIpc) is 3.15. The van der Waals surface area contributed by atoms with Crippen LogP contribution in [-0.4, -0.2) is 61.8 Å². The van der Waals surface area contributed by atoms with Crippen molar-refractivity contribution in [1.29, 1.82) is 0 Å². The lowest BCUT2D eigenvalue weighted by atomic mass is 10.1. The first-order valence-corrected chi connectivity index (χ1v) is 11.1. The number of carbonyl (C=O) groups is 1. The zero-order valence-electron chi connectivity index (χ0n) is 16.8. The van der Waals surface area contributed by atoms with Gasteiger partial charge in [0.2, 0.25) is 15.9 Å². The molecule has 31 heavy (non-hydrogen) atoms. The fraction of sp³-hybridized carbons (Fsp3) is 0.286. The lowest BCUT2D eigenvalue weighted by molar-refractivity contribution is -0.131. The van der Waals surface area contributed by atoms with Gasteiger partial charge in [-0.05, 0) is 35.9 Å². The lowest BCUT2D eigenvalue weighted by Gasteiger charge is -2.34. The van der Waals surface area contributed by atoms with E-state index < -0.39 is 26.6 Å². The van der Waals surface area contributed by atoms with Gasteiger partial charge in [-0.25, -0.2) is 17.2 Å². The third-order valence-corrected chi connectivity index (χ3v) is 7.35. The highest BCUT2D eigenvalue weighted by molar-refractivity contribution is 7.89. The molecule has 4 rings (SSSR count). The van der Waals surface area contributed by atoms with Gasteiger partial charge in [-0.2, -0.15) is 4.31 Å². The van der Waals surface area contributed by atoms with Crippen molar-refractivity contribution in [2.45, 2.75) is 11.3 Å². The third-order valence-electron chi connectivity index (χ3n) is 5.42. The van der Waals surface area contributed by atoms with Gasteiger partial charge in [-0.3, -0.25) is 4.79 Å². The number of nitrogens with one attached hydrogen (secondary N) is 1. The number of hydrogen-bond donors (Lipinski definition) is 1. The molecule has 10 heteroatoms. The SMILES string of the molecule is COc1ccc2[nH]cc(CC(=O)N3CCN(S(=O)(=O)c4ccc(F)cc4F)CC3)c2c1. The Morgan fingerprint density at radius 1 is 1.10 bits per heavy atom. The standard InChI is InChI=1S/C21H21F2N3O4S/c1-30-16-3-4-19-17(12-16)14(13-24-19)10-21(27)25-6-8-26(9-7-25)31(28,29)20-5-2-15(22)11-18(20)23/h2-5,11-13,24H,6-10H2,1H3. The Bertz CT molecular complexity index is 1230. The number of piperazine rings is 1. The fourth-order valence-corrected chi connectivity index (χ4v) is 5.17. The van der Waals surface area contributed by atoms with E-state index in [-0.39, 0.29) is 38.5 Å². The number of benzene rings is 2. The molecule has 2 aromatic carbocycles. The molecule has 0 aliphatic carbocycles. The van der Waals surface area contributed by atoms with Gasteiger partial charge in [-0.15, -0.1) is 0 Å². The van der Waals surface area contributed by atoms with Gasteiger partial charge in [0, 0.05) is 49.3 Å². The summed E-state index contributed by atoms with van der Waals surface area (Å²) in [6.45, 7) is 0.443. The molecular weight excluding hydrogens is 428 g/mol. The Morgan fingerprint density at radius 3 is 2.52 bits per heavy atom. The molecule has 1 N–H and O–H groups in total. The zero-order chi connectivity index (χ0) is 22.2. The Balaban J connectivity index is 1.43. The van der Waals surface area contributed by atoms with Crippen LogP contribution in [0.4, 0.5) is 8.78 Å². The number of methoxy groups -OCH3 is 1. The maximum atomic E-state index is 14.0. The van der Waals surface area contributed by atoms with Gasteiger partial charge < -0.3 is 14.6 Å². The highest BCUT2D eigenvalue weighted by Crippen LogP contribution is 2.25. The number of H-pyrrole nitrogens is 1. The van der Waals surface area contributed by atoms with Gasteiger partial charge in [0.05, 0.1) is 13.5 Å². The van der Waals surface area contributed by atoms with Crippen LogP contribution in [0.3, 0.4) is 0 Å². The molecule has 1 aromatic heterocycles. The predicted octanol–water partition coefficient (Wildman–Crippen LogP) is 2.53. The zero-order valence-corrected chi connectivity index (χ0v) is 17.6. The smallest absolute Gasteiger partial charge is 0.246 e. The fourth-order valence-electron chi connectivity index (χ4n) is 3.71. The van der Waals surface area contributed by atoms with E-state index in [4.69, 9.17) is 4.74 Å². The second-order valence-corrected chi connectivity index (χ2v) is 9.17. The topological polar surface area (TPSA) is 82.7 Å². The summed E-state index contributed by atoms with van der Waals surface area (Å²) in [6, 6.07) is 7.93. The Morgan fingerprint density at radius 2 is 1.84 bits per heavy atom. The summed E-state index contributed by atoms with van der Waals surface area (Å²) >= 11 is 0. The van der Waals surface area contributed by atoms with E-state index in [1.807, 2.05) is 18.2 Å². The summed E-state index contributed by atoms with van der Waals surface area (Å²) in [5.74, 6) is -1.42. The first kappa shape index (κ1) is 21.3. The number of fused-ring (bicyclic) bond motifs is 1. The number of hydrogen-bond acceptors (Lipinski definition) is 4. The van der Waals surface area contributed by atoms with Crippen molar-refractivity contribution < 1.29 is 26.7 Å². The van der Waals surface area contributed by atoms with Crippen LogP contribution in [0.5, 0.6) is 5.75 Å². The van der Waals surface area contributed by atoms with Crippen molar-refractivity contribution in [3.05, 3.63) is 59.8 Å². The second kappa shape index (κ2) is 8.27. The molecular formula is C21H21F2N3O4S. The summed E-state index contributed by atoms with van der Waals surface area (Å²) in [4.78, 5) is 16.9. The van der Waals surface area contributed by atoms with Crippen LogP contribution in [-0.2, 0) is 21.2 Å². The molecule has 0 atom stereocenters. The van der Waals surface area contributed by atoms with Gasteiger partial charge in [0.25, 0.3) is 0 Å². The van der Waals surface area contributed by atoms with E-state index in [0.717, 1.165) is 32.9 Å². The van der Waals surface area contributed by atoms with Crippen LogP contribution in [0.1, 0.15) is 5.56 Å². The van der Waals surface area contributed by atoms with Crippen molar-refractivity contribution in [2.24, 2.45) is 0 Å². The summed E-state index contributed by atoms with van der Waals surface area (Å²) in [5, 5.41) is 0.890. The molecule has 2 heterocycles. The first-order chi connectivity index (χ1) is 14.8. The summed E-state index contributed by atoms with van der Waals surface area (Å²) in [7, 11) is -2.54.